The summed E-state index contributed by atoms with van der Waals surface area (Å²) in [4.78, 5) is 12.4. The molecule has 34 heavy (non-hydrogen) atoms. The Morgan fingerprint density at radius 2 is 1.68 bits per heavy atom. The zero-order valence-electron chi connectivity index (χ0n) is 18.1. The maximum atomic E-state index is 14.6. The van der Waals surface area contributed by atoms with Crippen molar-refractivity contribution in [1.29, 1.82) is 0 Å². The maximum absolute atomic E-state index is 14.6. The zero-order chi connectivity index (χ0) is 23.9. The molecule has 0 aliphatic carbocycles. The van der Waals surface area contributed by atoms with E-state index in [1.165, 1.54) is 34.9 Å². The van der Waals surface area contributed by atoms with Crippen molar-refractivity contribution in [2.75, 3.05) is 18.2 Å². The fraction of sp³-hybridized carbons (Fsp3) is 0.125. The van der Waals surface area contributed by atoms with Gasteiger partial charge in [0.2, 0.25) is 5.91 Å². The summed E-state index contributed by atoms with van der Waals surface area (Å²) in [7, 11) is 1.58. The molecule has 7 nitrogen and oxygen atoms in total. The van der Waals surface area contributed by atoms with Crippen LogP contribution in [0.2, 0.25) is 0 Å². The molecule has 1 heterocycles. The fourth-order valence-electron chi connectivity index (χ4n) is 3.04. The first kappa shape index (κ1) is 23.2. The van der Waals surface area contributed by atoms with Crippen LogP contribution in [0.5, 0.6) is 11.5 Å². The lowest BCUT2D eigenvalue weighted by atomic mass is 10.3. The van der Waals surface area contributed by atoms with Crippen LogP contribution in [0.3, 0.4) is 0 Å². The number of para-hydroxylation sites is 1. The van der Waals surface area contributed by atoms with E-state index in [0.29, 0.717) is 28.2 Å². The Morgan fingerprint density at radius 3 is 2.38 bits per heavy atom. The molecule has 1 N–H and O–H groups in total. The Balaban J connectivity index is 1.51. The summed E-state index contributed by atoms with van der Waals surface area (Å²) in [6.07, 6.45) is 0. The van der Waals surface area contributed by atoms with Crippen LogP contribution in [0.1, 0.15) is 5.82 Å². The molecule has 0 aliphatic rings. The molecule has 0 spiro atoms. The van der Waals surface area contributed by atoms with E-state index in [2.05, 4.69) is 15.5 Å². The highest BCUT2D eigenvalue weighted by atomic mass is 32.2. The lowest BCUT2D eigenvalue weighted by molar-refractivity contribution is -0.113. The number of rotatable bonds is 9. The molecule has 1 amide bonds. The third-order valence-electron chi connectivity index (χ3n) is 4.68. The van der Waals surface area contributed by atoms with Gasteiger partial charge in [0.25, 0.3) is 0 Å². The van der Waals surface area contributed by atoms with Crippen LogP contribution in [-0.2, 0) is 11.4 Å². The van der Waals surface area contributed by atoms with E-state index < -0.39 is 11.6 Å². The highest BCUT2D eigenvalue weighted by Gasteiger charge is 2.19. The molecule has 0 atom stereocenters. The molecular formula is C24H20F2N4O3S. The fourth-order valence-corrected chi connectivity index (χ4v) is 3.81. The number of anilines is 1. The Hall–Kier alpha value is -3.92. The molecule has 3 aromatic carbocycles. The van der Waals surface area contributed by atoms with Crippen LogP contribution >= 0.6 is 11.8 Å². The lowest BCUT2D eigenvalue weighted by Gasteiger charge is -2.12. The van der Waals surface area contributed by atoms with Crippen molar-refractivity contribution in [3.05, 3.63) is 90.3 Å². The lowest BCUT2D eigenvalue weighted by Crippen LogP contribution is -2.15. The summed E-state index contributed by atoms with van der Waals surface area (Å²) in [5.41, 5.74) is 0.707. The van der Waals surface area contributed by atoms with Gasteiger partial charge in [-0.3, -0.25) is 9.36 Å². The number of hydrogen-bond acceptors (Lipinski definition) is 6. The number of thioether (sulfide) groups is 1. The molecule has 0 aliphatic heterocycles. The van der Waals surface area contributed by atoms with Gasteiger partial charge in [-0.1, -0.05) is 23.9 Å². The number of methoxy groups -OCH3 is 1. The standard InChI is InChI=1S/C24H20F2N4O3S/c1-32-18-10-12-19(13-11-18)33-14-22-28-29-24(30(22)21-5-3-2-4-20(21)26)34-15-23(31)27-17-8-6-16(25)7-9-17/h2-13H,14-15H2,1H3,(H,27,31). The normalized spacial score (nSPS) is 10.7. The van der Waals surface area contributed by atoms with Crippen LogP contribution < -0.4 is 14.8 Å². The zero-order valence-corrected chi connectivity index (χ0v) is 18.9. The van der Waals surface area contributed by atoms with Crippen LogP contribution in [0, 0.1) is 11.6 Å². The predicted octanol–water partition coefficient (Wildman–Crippen LogP) is 4.86. The molecule has 0 fully saturated rings. The summed E-state index contributed by atoms with van der Waals surface area (Å²) in [6, 6.07) is 18.7. The second-order valence-corrected chi connectivity index (χ2v) is 7.94. The van der Waals surface area contributed by atoms with Crippen LogP contribution in [-0.4, -0.2) is 33.5 Å². The first-order valence-electron chi connectivity index (χ1n) is 10.2. The second kappa shape index (κ2) is 10.8. The minimum atomic E-state index is -0.467. The van der Waals surface area contributed by atoms with Gasteiger partial charge >= 0.3 is 0 Å². The monoisotopic (exact) mass is 482 g/mol. The third-order valence-corrected chi connectivity index (χ3v) is 5.61. The van der Waals surface area contributed by atoms with Gasteiger partial charge in [-0.25, -0.2) is 8.78 Å². The molecule has 10 heteroatoms. The number of carbonyl (C=O) groups excluding carboxylic acids is 1. The molecule has 0 bridgehead atoms. The number of benzene rings is 3. The number of carbonyl (C=O) groups is 1. The molecular weight excluding hydrogens is 462 g/mol. The molecule has 0 radical (unpaired) electrons. The molecule has 4 rings (SSSR count). The van der Waals surface area contributed by atoms with Gasteiger partial charge in [-0.2, -0.15) is 0 Å². The predicted molar refractivity (Wildman–Crippen MR) is 124 cm³/mol. The summed E-state index contributed by atoms with van der Waals surface area (Å²) in [6.45, 7) is 0.0238. The summed E-state index contributed by atoms with van der Waals surface area (Å²) in [5, 5.41) is 11.3. The number of aromatic nitrogens is 3. The largest absolute Gasteiger partial charge is 0.497 e. The van der Waals surface area contributed by atoms with E-state index >= 15 is 0 Å². The third kappa shape index (κ3) is 5.70. The minimum absolute atomic E-state index is 0.0106. The second-order valence-electron chi connectivity index (χ2n) is 6.99. The molecule has 174 valence electrons. The van der Waals surface area contributed by atoms with Crippen molar-refractivity contribution in [3.8, 4) is 17.2 Å². The van der Waals surface area contributed by atoms with Gasteiger partial charge in [0, 0.05) is 5.69 Å². The molecule has 0 saturated carbocycles. The van der Waals surface area contributed by atoms with E-state index in [1.54, 1.807) is 49.6 Å². The summed E-state index contributed by atoms with van der Waals surface area (Å²) < 4.78 is 40.1. The molecule has 1 aromatic heterocycles. The molecule has 0 unspecified atom stereocenters. The first-order valence-corrected chi connectivity index (χ1v) is 11.2. The summed E-state index contributed by atoms with van der Waals surface area (Å²) >= 11 is 1.09. The number of ether oxygens (including phenoxy) is 2. The first-order chi connectivity index (χ1) is 16.5. The van der Waals surface area contributed by atoms with Gasteiger partial charge in [-0.15, -0.1) is 10.2 Å². The van der Waals surface area contributed by atoms with Crippen molar-refractivity contribution >= 4 is 23.4 Å². The summed E-state index contributed by atoms with van der Waals surface area (Å²) in [5.74, 6) is 0.443. The van der Waals surface area contributed by atoms with Crippen LogP contribution in [0.15, 0.2) is 78.0 Å². The average Bonchev–Trinajstić information content (AvgIpc) is 3.26. The Labute approximate surface area is 198 Å². The van der Waals surface area contributed by atoms with E-state index in [4.69, 9.17) is 9.47 Å². The SMILES string of the molecule is COc1ccc(OCc2nnc(SCC(=O)Nc3ccc(F)cc3)n2-c2ccccc2F)cc1. The average molecular weight is 483 g/mol. The molecule has 4 aromatic rings. The van der Waals surface area contributed by atoms with E-state index in [0.717, 1.165) is 11.8 Å². The van der Waals surface area contributed by atoms with Crippen molar-refractivity contribution in [3.63, 3.8) is 0 Å². The minimum Gasteiger partial charge on any atom is -0.497 e. The van der Waals surface area contributed by atoms with Gasteiger partial charge in [-0.05, 0) is 60.7 Å². The highest BCUT2D eigenvalue weighted by molar-refractivity contribution is 7.99. The van der Waals surface area contributed by atoms with Gasteiger partial charge in [0.05, 0.1) is 18.6 Å². The van der Waals surface area contributed by atoms with Gasteiger partial charge in [0.1, 0.15) is 29.7 Å². The Morgan fingerprint density at radius 1 is 0.971 bits per heavy atom. The Kier molecular flexibility index (Phi) is 7.38. The van der Waals surface area contributed by atoms with E-state index in [9.17, 15) is 13.6 Å². The maximum Gasteiger partial charge on any atom is 0.234 e. The quantitative estimate of drug-likeness (QED) is 0.343. The number of nitrogens with one attached hydrogen (secondary N) is 1. The number of nitrogens with zero attached hydrogens (tertiary/aromatic N) is 3. The van der Waals surface area contributed by atoms with E-state index in [-0.39, 0.29) is 24.0 Å². The van der Waals surface area contributed by atoms with Crippen molar-refractivity contribution in [2.24, 2.45) is 0 Å². The smallest absolute Gasteiger partial charge is 0.234 e. The number of halogens is 2. The van der Waals surface area contributed by atoms with Crippen molar-refractivity contribution in [1.82, 2.24) is 14.8 Å². The molecule has 0 saturated heterocycles. The van der Waals surface area contributed by atoms with Gasteiger partial charge < -0.3 is 14.8 Å². The number of hydrogen-bond donors (Lipinski definition) is 1. The van der Waals surface area contributed by atoms with E-state index in [1.807, 2.05) is 0 Å². The highest BCUT2D eigenvalue weighted by Crippen LogP contribution is 2.25. The van der Waals surface area contributed by atoms with Crippen LogP contribution in [0.25, 0.3) is 5.69 Å². The van der Waals surface area contributed by atoms with Gasteiger partial charge in [0.15, 0.2) is 11.0 Å². The Bertz CT molecular complexity index is 1260. The van der Waals surface area contributed by atoms with Crippen molar-refractivity contribution in [2.45, 2.75) is 11.8 Å². The number of amides is 1. The topological polar surface area (TPSA) is 78.3 Å². The van der Waals surface area contributed by atoms with Crippen molar-refractivity contribution < 1.29 is 23.0 Å². The van der Waals surface area contributed by atoms with Crippen LogP contribution in [0.4, 0.5) is 14.5 Å².